The molecule has 1 fully saturated rings. The number of carbonyl (C=O) groups is 1. The van der Waals surface area contributed by atoms with Gasteiger partial charge in [0.1, 0.15) is 6.10 Å². The average Bonchev–Trinajstić information content (AvgIpc) is 3.32. The molecule has 0 bridgehead atoms. The van der Waals surface area contributed by atoms with Crippen molar-refractivity contribution in [3.05, 3.63) is 0 Å². The zero-order chi connectivity index (χ0) is 21.0. The summed E-state index contributed by atoms with van der Waals surface area (Å²) in [7, 11) is 0. The number of hydrogen-bond acceptors (Lipinski definition) is 4. The Morgan fingerprint density at radius 1 is 1.11 bits per heavy atom. The van der Waals surface area contributed by atoms with E-state index in [0.717, 1.165) is 25.9 Å². The van der Waals surface area contributed by atoms with Crippen LogP contribution in [0.1, 0.15) is 88.5 Å². The van der Waals surface area contributed by atoms with Gasteiger partial charge in [-0.15, -0.1) is 0 Å². The number of epoxide rings is 1. The molecular weight excluding hydrogens is 340 g/mol. The van der Waals surface area contributed by atoms with Crippen molar-refractivity contribution in [2.75, 3.05) is 13.2 Å². The molecule has 27 heavy (non-hydrogen) atoms. The molecule has 1 aliphatic rings. The van der Waals surface area contributed by atoms with Gasteiger partial charge in [0.15, 0.2) is 5.78 Å². The third-order valence-electron chi connectivity index (χ3n) is 5.70. The van der Waals surface area contributed by atoms with Crippen LogP contribution >= 0.6 is 0 Å². The second-order valence-corrected chi connectivity index (χ2v) is 10.7. The summed E-state index contributed by atoms with van der Waals surface area (Å²) in [4.78, 5) is 13.2. The molecule has 0 amide bonds. The molecule has 1 heterocycles. The second-order valence-electron chi connectivity index (χ2n) is 10.7. The number of ketones is 1. The summed E-state index contributed by atoms with van der Waals surface area (Å²) in [6.45, 7) is 22.6. The number of Topliss-reactive ketones (excluding diaryl/α,β-unsaturated/α-hetero) is 1. The molecule has 0 N–H and O–H groups in total. The monoisotopic (exact) mass is 384 g/mol. The summed E-state index contributed by atoms with van der Waals surface area (Å²) < 4.78 is 17.5. The van der Waals surface area contributed by atoms with Crippen molar-refractivity contribution >= 4 is 5.78 Å². The SMILES string of the molecule is CCC(C)(C)OCC(C)(C)CC(C)(C)C(CC1CO1)C(=O)C(C)OC(C)C. The van der Waals surface area contributed by atoms with Gasteiger partial charge in [0, 0.05) is 5.92 Å². The molecule has 4 nitrogen and oxygen atoms in total. The van der Waals surface area contributed by atoms with E-state index in [1.54, 1.807) is 0 Å². The average molecular weight is 385 g/mol. The van der Waals surface area contributed by atoms with Crippen LogP contribution in [0.25, 0.3) is 0 Å². The fourth-order valence-corrected chi connectivity index (χ4v) is 3.95. The molecule has 0 aromatic rings. The van der Waals surface area contributed by atoms with Gasteiger partial charge in [0.05, 0.1) is 31.0 Å². The molecular formula is C23H44O4. The number of ether oxygens (including phenoxy) is 3. The maximum absolute atomic E-state index is 13.2. The molecule has 1 rings (SSSR count). The first-order valence-corrected chi connectivity index (χ1v) is 10.6. The molecule has 0 aliphatic carbocycles. The van der Waals surface area contributed by atoms with Crippen molar-refractivity contribution in [1.29, 1.82) is 0 Å². The van der Waals surface area contributed by atoms with Crippen molar-refractivity contribution in [3.63, 3.8) is 0 Å². The Kier molecular flexibility index (Phi) is 8.53. The van der Waals surface area contributed by atoms with Crippen LogP contribution in [0.2, 0.25) is 0 Å². The van der Waals surface area contributed by atoms with E-state index in [-0.39, 0.29) is 46.4 Å². The minimum absolute atomic E-state index is 0.0129. The largest absolute Gasteiger partial charge is 0.375 e. The lowest BCUT2D eigenvalue weighted by Crippen LogP contribution is -2.42. The van der Waals surface area contributed by atoms with Gasteiger partial charge in [0.25, 0.3) is 0 Å². The quantitative estimate of drug-likeness (QED) is 0.398. The maximum Gasteiger partial charge on any atom is 0.164 e. The zero-order valence-corrected chi connectivity index (χ0v) is 19.5. The van der Waals surface area contributed by atoms with Crippen molar-refractivity contribution in [2.24, 2.45) is 16.7 Å². The van der Waals surface area contributed by atoms with Gasteiger partial charge in [-0.25, -0.2) is 0 Å². The highest BCUT2D eigenvalue weighted by Crippen LogP contribution is 2.44. The molecule has 4 heteroatoms. The highest BCUT2D eigenvalue weighted by Gasteiger charge is 2.44. The lowest BCUT2D eigenvalue weighted by atomic mass is 9.65. The number of rotatable bonds is 13. The summed E-state index contributed by atoms with van der Waals surface area (Å²) in [6.07, 6.45) is 2.57. The van der Waals surface area contributed by atoms with Crippen LogP contribution in [-0.2, 0) is 19.0 Å². The standard InChI is InChI=1S/C23H44O4/c1-11-23(9,10)26-15-21(5,6)14-22(7,8)19(12-18-13-25-18)20(24)17(4)27-16(2)3/h16-19H,11-15H2,1-10H3. The van der Waals surface area contributed by atoms with Gasteiger partial charge in [-0.05, 0) is 64.7 Å². The Labute approximate surface area is 167 Å². The van der Waals surface area contributed by atoms with Crippen LogP contribution < -0.4 is 0 Å². The topological polar surface area (TPSA) is 48.1 Å². The predicted octanol–water partition coefficient (Wildman–Crippen LogP) is 5.42. The molecule has 0 radical (unpaired) electrons. The summed E-state index contributed by atoms with van der Waals surface area (Å²) in [5.41, 5.74) is -0.278. The number of carbonyl (C=O) groups excluding carboxylic acids is 1. The Balaban J connectivity index is 2.86. The highest BCUT2D eigenvalue weighted by molar-refractivity contribution is 5.85. The first-order valence-electron chi connectivity index (χ1n) is 10.6. The van der Waals surface area contributed by atoms with E-state index in [9.17, 15) is 4.79 Å². The van der Waals surface area contributed by atoms with E-state index in [4.69, 9.17) is 14.2 Å². The van der Waals surface area contributed by atoms with E-state index >= 15 is 0 Å². The van der Waals surface area contributed by atoms with Crippen molar-refractivity contribution in [3.8, 4) is 0 Å². The predicted molar refractivity (Wildman–Crippen MR) is 111 cm³/mol. The van der Waals surface area contributed by atoms with Crippen LogP contribution in [-0.4, -0.2) is 42.9 Å². The van der Waals surface area contributed by atoms with Crippen molar-refractivity contribution in [2.45, 2.75) is 112 Å². The Morgan fingerprint density at radius 2 is 1.67 bits per heavy atom. The van der Waals surface area contributed by atoms with Gasteiger partial charge in [0.2, 0.25) is 0 Å². The van der Waals surface area contributed by atoms with E-state index < -0.39 is 0 Å². The molecule has 0 saturated carbocycles. The van der Waals surface area contributed by atoms with Crippen LogP contribution in [0.4, 0.5) is 0 Å². The van der Waals surface area contributed by atoms with Gasteiger partial charge in [-0.3, -0.25) is 4.79 Å². The molecule has 0 aromatic carbocycles. The van der Waals surface area contributed by atoms with E-state index in [1.807, 2.05) is 20.8 Å². The van der Waals surface area contributed by atoms with Gasteiger partial charge < -0.3 is 14.2 Å². The van der Waals surface area contributed by atoms with E-state index in [1.165, 1.54) is 0 Å². The molecule has 160 valence electrons. The normalized spacial score (nSPS) is 20.6. The fraction of sp³-hybridized carbons (Fsp3) is 0.957. The lowest BCUT2D eigenvalue weighted by Gasteiger charge is -2.41. The first kappa shape index (κ1) is 24.6. The van der Waals surface area contributed by atoms with Crippen LogP contribution in [0.5, 0.6) is 0 Å². The minimum atomic E-state index is -0.383. The molecule has 0 spiro atoms. The second kappa shape index (κ2) is 9.37. The summed E-state index contributed by atoms with van der Waals surface area (Å²) in [5.74, 6) is 0.131. The maximum atomic E-state index is 13.2. The zero-order valence-electron chi connectivity index (χ0n) is 19.5. The van der Waals surface area contributed by atoms with Crippen LogP contribution in [0.15, 0.2) is 0 Å². The number of hydrogen-bond donors (Lipinski definition) is 0. The molecule has 1 saturated heterocycles. The van der Waals surface area contributed by atoms with Gasteiger partial charge >= 0.3 is 0 Å². The lowest BCUT2D eigenvalue weighted by molar-refractivity contribution is -0.142. The van der Waals surface area contributed by atoms with Gasteiger partial charge in [-0.1, -0.05) is 34.6 Å². The molecule has 3 unspecified atom stereocenters. The van der Waals surface area contributed by atoms with Crippen LogP contribution in [0.3, 0.4) is 0 Å². The van der Waals surface area contributed by atoms with Crippen molar-refractivity contribution in [1.82, 2.24) is 0 Å². The molecule has 3 atom stereocenters. The van der Waals surface area contributed by atoms with E-state index in [2.05, 4.69) is 48.5 Å². The molecule has 1 aliphatic heterocycles. The summed E-state index contributed by atoms with van der Waals surface area (Å²) in [6, 6.07) is 0. The minimum Gasteiger partial charge on any atom is -0.375 e. The Bertz CT molecular complexity index is 475. The summed E-state index contributed by atoms with van der Waals surface area (Å²) in [5, 5.41) is 0. The van der Waals surface area contributed by atoms with Crippen molar-refractivity contribution < 1.29 is 19.0 Å². The molecule has 0 aromatic heterocycles. The fourth-order valence-electron chi connectivity index (χ4n) is 3.95. The Hall–Kier alpha value is -0.450. The third-order valence-corrected chi connectivity index (χ3v) is 5.70. The highest BCUT2D eigenvalue weighted by atomic mass is 16.6. The van der Waals surface area contributed by atoms with Gasteiger partial charge in [-0.2, -0.15) is 0 Å². The summed E-state index contributed by atoms with van der Waals surface area (Å²) >= 11 is 0. The van der Waals surface area contributed by atoms with Crippen LogP contribution in [0, 0.1) is 16.7 Å². The Morgan fingerprint density at radius 3 is 2.11 bits per heavy atom. The first-order chi connectivity index (χ1) is 12.2. The smallest absolute Gasteiger partial charge is 0.164 e. The third kappa shape index (κ3) is 8.62. The van der Waals surface area contributed by atoms with E-state index in [0.29, 0.717) is 6.61 Å².